The number of thiazole rings is 1. The Balaban J connectivity index is 1.37. The van der Waals surface area contributed by atoms with E-state index in [2.05, 4.69) is 68.2 Å². The second kappa shape index (κ2) is 8.65. The number of ether oxygens (including phenoxy) is 1. The number of aromatic nitrogens is 3. The Morgan fingerprint density at radius 2 is 1.91 bits per heavy atom. The average Bonchev–Trinajstić information content (AvgIpc) is 3.42. The number of methoxy groups -OCH3 is 1. The molecule has 4 heterocycles. The van der Waals surface area contributed by atoms with Gasteiger partial charge in [0.25, 0.3) is 0 Å². The van der Waals surface area contributed by atoms with Gasteiger partial charge in [-0.3, -0.25) is 0 Å². The third-order valence-corrected chi connectivity index (χ3v) is 7.08. The predicted octanol–water partition coefficient (Wildman–Crippen LogP) is 3.48. The van der Waals surface area contributed by atoms with Crippen molar-refractivity contribution in [1.29, 1.82) is 0 Å². The number of benzene rings is 1. The topological polar surface area (TPSA) is 69.7 Å². The SMILES string of the molecule is COCC1(C)CN(c2nccs2)c2nc(Nc3ccc(N4CCN(C)CC4)cc3)ncc21. The molecule has 168 valence electrons. The van der Waals surface area contributed by atoms with Gasteiger partial charge in [0, 0.05) is 80.0 Å². The number of piperazine rings is 1. The van der Waals surface area contributed by atoms with Crippen molar-refractivity contribution < 1.29 is 4.74 Å². The van der Waals surface area contributed by atoms with Crippen LogP contribution in [0.25, 0.3) is 0 Å². The van der Waals surface area contributed by atoms with Gasteiger partial charge in [-0.25, -0.2) is 9.97 Å². The number of hydrogen-bond acceptors (Lipinski definition) is 9. The summed E-state index contributed by atoms with van der Waals surface area (Å²) in [6.07, 6.45) is 3.75. The van der Waals surface area contributed by atoms with E-state index in [0.29, 0.717) is 12.6 Å². The van der Waals surface area contributed by atoms with E-state index in [1.165, 1.54) is 5.69 Å². The van der Waals surface area contributed by atoms with Crippen molar-refractivity contribution in [3.05, 3.63) is 47.6 Å². The molecular formula is C23H29N7OS. The molecule has 0 bridgehead atoms. The van der Waals surface area contributed by atoms with Crippen molar-refractivity contribution in [3.63, 3.8) is 0 Å². The summed E-state index contributed by atoms with van der Waals surface area (Å²) in [5.41, 5.74) is 3.13. The van der Waals surface area contributed by atoms with E-state index in [4.69, 9.17) is 9.72 Å². The van der Waals surface area contributed by atoms with Crippen LogP contribution in [0.5, 0.6) is 0 Å². The lowest BCUT2D eigenvalue weighted by Crippen LogP contribution is -2.44. The molecule has 0 aliphatic carbocycles. The molecule has 1 aromatic carbocycles. The number of fused-ring (bicyclic) bond motifs is 1. The highest BCUT2D eigenvalue weighted by atomic mass is 32.1. The highest BCUT2D eigenvalue weighted by molar-refractivity contribution is 7.13. The first-order valence-electron chi connectivity index (χ1n) is 10.9. The van der Waals surface area contributed by atoms with Gasteiger partial charge in [-0.15, -0.1) is 11.3 Å². The molecule has 9 heteroatoms. The molecule has 1 saturated heterocycles. The summed E-state index contributed by atoms with van der Waals surface area (Å²) >= 11 is 1.61. The van der Waals surface area contributed by atoms with Crippen molar-refractivity contribution in [1.82, 2.24) is 19.9 Å². The average molecular weight is 452 g/mol. The Bertz CT molecular complexity index is 1050. The van der Waals surface area contributed by atoms with Crippen LogP contribution in [0.2, 0.25) is 0 Å². The van der Waals surface area contributed by atoms with Crippen LogP contribution in [0, 0.1) is 0 Å². The molecule has 1 N–H and O–H groups in total. The van der Waals surface area contributed by atoms with Crippen molar-refractivity contribution in [2.75, 3.05) is 68.6 Å². The monoisotopic (exact) mass is 451 g/mol. The minimum Gasteiger partial charge on any atom is -0.384 e. The summed E-state index contributed by atoms with van der Waals surface area (Å²) in [6, 6.07) is 8.52. The van der Waals surface area contributed by atoms with Gasteiger partial charge in [-0.2, -0.15) is 4.98 Å². The van der Waals surface area contributed by atoms with Crippen LogP contribution in [0.3, 0.4) is 0 Å². The fraction of sp³-hybridized carbons (Fsp3) is 0.435. The molecule has 0 spiro atoms. The van der Waals surface area contributed by atoms with Crippen LogP contribution in [0.1, 0.15) is 12.5 Å². The highest BCUT2D eigenvalue weighted by Gasteiger charge is 2.42. The van der Waals surface area contributed by atoms with Gasteiger partial charge in [0.1, 0.15) is 5.82 Å². The second-order valence-electron chi connectivity index (χ2n) is 8.79. The Morgan fingerprint density at radius 1 is 1.12 bits per heavy atom. The van der Waals surface area contributed by atoms with E-state index in [1.54, 1.807) is 18.4 Å². The number of nitrogens with zero attached hydrogens (tertiary/aromatic N) is 6. The minimum atomic E-state index is -0.182. The van der Waals surface area contributed by atoms with E-state index in [0.717, 1.165) is 54.9 Å². The van der Waals surface area contributed by atoms with Gasteiger partial charge >= 0.3 is 0 Å². The third-order valence-electron chi connectivity index (χ3n) is 6.29. The maximum absolute atomic E-state index is 5.52. The Labute approximate surface area is 192 Å². The van der Waals surface area contributed by atoms with E-state index in [9.17, 15) is 0 Å². The summed E-state index contributed by atoms with van der Waals surface area (Å²) < 4.78 is 5.52. The van der Waals surface area contributed by atoms with E-state index in [1.807, 2.05) is 17.8 Å². The Hall–Kier alpha value is -2.75. The predicted molar refractivity (Wildman–Crippen MR) is 130 cm³/mol. The molecule has 0 radical (unpaired) electrons. The zero-order valence-electron chi connectivity index (χ0n) is 18.8. The molecule has 2 aliphatic rings. The first kappa shape index (κ1) is 21.1. The lowest BCUT2D eigenvalue weighted by Gasteiger charge is -2.34. The maximum Gasteiger partial charge on any atom is 0.229 e. The number of hydrogen-bond donors (Lipinski definition) is 1. The third kappa shape index (κ3) is 4.03. The normalized spacial score (nSPS) is 21.1. The zero-order valence-corrected chi connectivity index (χ0v) is 19.6. The van der Waals surface area contributed by atoms with Crippen molar-refractivity contribution in [2.45, 2.75) is 12.3 Å². The van der Waals surface area contributed by atoms with Gasteiger partial charge in [-0.1, -0.05) is 6.92 Å². The summed E-state index contributed by atoms with van der Waals surface area (Å²) in [7, 11) is 3.91. The van der Waals surface area contributed by atoms with E-state index < -0.39 is 0 Å². The van der Waals surface area contributed by atoms with E-state index in [-0.39, 0.29) is 5.41 Å². The molecule has 0 amide bonds. The van der Waals surface area contributed by atoms with Crippen LogP contribution < -0.4 is 15.1 Å². The largest absolute Gasteiger partial charge is 0.384 e. The molecule has 0 saturated carbocycles. The molecule has 1 atom stereocenters. The van der Waals surface area contributed by atoms with Gasteiger partial charge in [-0.05, 0) is 31.3 Å². The lowest BCUT2D eigenvalue weighted by atomic mass is 9.87. The minimum absolute atomic E-state index is 0.182. The molecule has 1 fully saturated rings. The quantitative estimate of drug-likeness (QED) is 0.611. The summed E-state index contributed by atoms with van der Waals surface area (Å²) in [4.78, 5) is 21.0. The number of anilines is 5. The smallest absolute Gasteiger partial charge is 0.229 e. The van der Waals surface area contributed by atoms with Crippen LogP contribution in [-0.4, -0.2) is 73.3 Å². The molecule has 5 rings (SSSR count). The van der Waals surface area contributed by atoms with Gasteiger partial charge in [0.05, 0.1) is 6.61 Å². The number of rotatable bonds is 6. The summed E-state index contributed by atoms with van der Waals surface area (Å²) in [5.74, 6) is 1.48. The Kier molecular flexibility index (Phi) is 5.71. The van der Waals surface area contributed by atoms with Crippen LogP contribution in [0.15, 0.2) is 42.0 Å². The summed E-state index contributed by atoms with van der Waals surface area (Å²) in [6.45, 7) is 7.87. The fourth-order valence-electron chi connectivity index (χ4n) is 4.47. The van der Waals surface area contributed by atoms with Gasteiger partial charge in [0.15, 0.2) is 5.13 Å². The van der Waals surface area contributed by atoms with Crippen molar-refractivity contribution >= 4 is 39.6 Å². The molecular weight excluding hydrogens is 422 g/mol. The van der Waals surface area contributed by atoms with Crippen molar-refractivity contribution in [2.24, 2.45) is 0 Å². The molecule has 2 aromatic heterocycles. The standard InChI is InChI=1S/C23H29N7OS/c1-23(16-31-3)15-30(22-24-8-13-32-22)20-19(23)14-25-21(27-20)26-17-4-6-18(7-5-17)29-11-9-28(2)10-12-29/h4-8,13-14H,9-12,15-16H2,1-3H3,(H,25,26,27). The van der Waals surface area contributed by atoms with E-state index >= 15 is 0 Å². The fourth-order valence-corrected chi connectivity index (χ4v) is 5.12. The Morgan fingerprint density at radius 3 is 2.59 bits per heavy atom. The van der Waals surface area contributed by atoms with Gasteiger partial charge in [0.2, 0.25) is 5.95 Å². The van der Waals surface area contributed by atoms with Crippen LogP contribution in [0.4, 0.5) is 28.3 Å². The van der Waals surface area contributed by atoms with Crippen LogP contribution >= 0.6 is 11.3 Å². The zero-order chi connectivity index (χ0) is 22.1. The first-order valence-corrected chi connectivity index (χ1v) is 11.8. The molecule has 8 nitrogen and oxygen atoms in total. The molecule has 32 heavy (non-hydrogen) atoms. The van der Waals surface area contributed by atoms with Crippen molar-refractivity contribution in [3.8, 4) is 0 Å². The molecule has 3 aromatic rings. The maximum atomic E-state index is 5.52. The second-order valence-corrected chi connectivity index (χ2v) is 9.66. The molecule has 2 aliphatic heterocycles. The molecule has 1 unspecified atom stereocenters. The number of nitrogens with one attached hydrogen (secondary N) is 1. The lowest BCUT2D eigenvalue weighted by molar-refractivity contribution is 0.145. The highest BCUT2D eigenvalue weighted by Crippen LogP contribution is 2.44. The number of likely N-dealkylation sites (N-methyl/N-ethyl adjacent to an activating group) is 1. The summed E-state index contributed by atoms with van der Waals surface area (Å²) in [5, 5.41) is 6.30. The first-order chi connectivity index (χ1) is 15.6. The van der Waals surface area contributed by atoms with Gasteiger partial charge < -0.3 is 24.8 Å². The van der Waals surface area contributed by atoms with Crippen LogP contribution in [-0.2, 0) is 10.2 Å².